The number of fused-ring (bicyclic) bond motifs is 1. The second-order valence-corrected chi connectivity index (χ2v) is 7.31. The number of aromatic nitrogens is 1. The van der Waals surface area contributed by atoms with Crippen LogP contribution in [0.3, 0.4) is 0 Å². The van der Waals surface area contributed by atoms with Crippen molar-refractivity contribution in [3.63, 3.8) is 0 Å². The Morgan fingerprint density at radius 1 is 0.879 bits per heavy atom. The van der Waals surface area contributed by atoms with Gasteiger partial charge in [-0.15, -0.1) is 0 Å². The van der Waals surface area contributed by atoms with Crippen molar-refractivity contribution in [2.45, 2.75) is 0 Å². The van der Waals surface area contributed by atoms with E-state index < -0.39 is 0 Å². The minimum absolute atomic E-state index is 0.342. The SMILES string of the molecule is COc1cc2ncc(C#N)c(Nc3cc(OC)c(Oc4ccccc4)cc3Cl)c2cc1OC. The Kier molecular flexibility index (Phi) is 6.38. The molecule has 0 aliphatic carbocycles. The number of para-hydroxylation sites is 1. The molecule has 0 amide bonds. The maximum Gasteiger partial charge on any atom is 0.170 e. The molecule has 0 fully saturated rings. The van der Waals surface area contributed by atoms with Gasteiger partial charge in [-0.1, -0.05) is 29.8 Å². The highest BCUT2D eigenvalue weighted by atomic mass is 35.5. The van der Waals surface area contributed by atoms with Crippen LogP contribution in [0.25, 0.3) is 10.9 Å². The minimum atomic E-state index is 0.342. The number of hydrogen-bond acceptors (Lipinski definition) is 7. The van der Waals surface area contributed by atoms with Gasteiger partial charge in [-0.2, -0.15) is 5.26 Å². The number of benzene rings is 3. The predicted octanol–water partition coefficient (Wildman–Crippen LogP) is 6.32. The number of nitrogens with zero attached hydrogens (tertiary/aromatic N) is 2. The molecule has 0 unspecified atom stereocenters. The highest BCUT2D eigenvalue weighted by Crippen LogP contribution is 2.42. The van der Waals surface area contributed by atoms with Gasteiger partial charge in [0, 0.05) is 29.8 Å². The quantitative estimate of drug-likeness (QED) is 0.344. The molecular formula is C25H20ClN3O4. The number of nitriles is 1. The van der Waals surface area contributed by atoms with E-state index in [9.17, 15) is 5.26 Å². The largest absolute Gasteiger partial charge is 0.493 e. The van der Waals surface area contributed by atoms with E-state index >= 15 is 0 Å². The van der Waals surface area contributed by atoms with Crippen molar-refractivity contribution < 1.29 is 18.9 Å². The molecule has 4 rings (SSSR count). The van der Waals surface area contributed by atoms with Crippen molar-refractivity contribution in [3.8, 4) is 34.8 Å². The summed E-state index contributed by atoms with van der Waals surface area (Å²) in [5.41, 5.74) is 2.03. The van der Waals surface area contributed by atoms with E-state index in [0.29, 0.717) is 61.6 Å². The van der Waals surface area contributed by atoms with Crippen molar-refractivity contribution in [2.24, 2.45) is 0 Å². The zero-order valence-corrected chi connectivity index (χ0v) is 18.9. The van der Waals surface area contributed by atoms with Crippen molar-refractivity contribution in [1.29, 1.82) is 5.26 Å². The summed E-state index contributed by atoms with van der Waals surface area (Å²) in [7, 11) is 4.65. The van der Waals surface area contributed by atoms with Crippen molar-refractivity contribution in [1.82, 2.24) is 4.98 Å². The number of halogens is 1. The van der Waals surface area contributed by atoms with Crippen molar-refractivity contribution >= 4 is 33.9 Å². The Bertz CT molecular complexity index is 1350. The molecule has 0 spiro atoms. The third kappa shape index (κ3) is 4.43. The smallest absolute Gasteiger partial charge is 0.170 e. The van der Waals surface area contributed by atoms with Gasteiger partial charge in [0.15, 0.2) is 23.0 Å². The second kappa shape index (κ2) is 9.55. The van der Waals surface area contributed by atoms with Crippen LogP contribution in [-0.2, 0) is 0 Å². The molecule has 33 heavy (non-hydrogen) atoms. The highest BCUT2D eigenvalue weighted by Gasteiger charge is 2.17. The average molecular weight is 462 g/mol. The summed E-state index contributed by atoms with van der Waals surface area (Å²) in [6, 6.07) is 18.4. The number of nitrogens with one attached hydrogen (secondary N) is 1. The molecule has 1 N–H and O–H groups in total. The molecule has 4 aromatic rings. The third-order valence-corrected chi connectivity index (χ3v) is 5.29. The fourth-order valence-corrected chi connectivity index (χ4v) is 3.56. The first-order chi connectivity index (χ1) is 16.1. The van der Waals surface area contributed by atoms with Gasteiger partial charge in [0.25, 0.3) is 0 Å². The van der Waals surface area contributed by atoms with E-state index in [4.69, 9.17) is 30.5 Å². The molecule has 3 aromatic carbocycles. The Hall–Kier alpha value is -4.15. The topological polar surface area (TPSA) is 85.6 Å². The molecule has 0 aliphatic rings. The highest BCUT2D eigenvalue weighted by molar-refractivity contribution is 6.33. The first-order valence-electron chi connectivity index (χ1n) is 9.90. The summed E-state index contributed by atoms with van der Waals surface area (Å²) in [5.74, 6) is 2.64. The molecule has 1 heterocycles. The number of methoxy groups -OCH3 is 3. The van der Waals surface area contributed by atoms with E-state index in [0.717, 1.165) is 0 Å². The predicted molar refractivity (Wildman–Crippen MR) is 127 cm³/mol. The van der Waals surface area contributed by atoms with Gasteiger partial charge in [0.2, 0.25) is 0 Å². The number of hydrogen-bond donors (Lipinski definition) is 1. The van der Waals surface area contributed by atoms with Crippen molar-refractivity contribution in [3.05, 3.63) is 71.4 Å². The molecule has 166 valence electrons. The number of rotatable bonds is 7. The summed E-state index contributed by atoms with van der Waals surface area (Å²) in [6.45, 7) is 0. The third-order valence-electron chi connectivity index (χ3n) is 4.98. The number of ether oxygens (including phenoxy) is 4. The molecule has 0 saturated carbocycles. The van der Waals surface area contributed by atoms with Crippen LogP contribution >= 0.6 is 11.6 Å². The first kappa shape index (κ1) is 22.1. The summed E-state index contributed by atoms with van der Waals surface area (Å²) in [4.78, 5) is 4.38. The number of pyridine rings is 1. The van der Waals surface area contributed by atoms with Crippen LogP contribution < -0.4 is 24.3 Å². The van der Waals surface area contributed by atoms with Crippen LogP contribution in [0.1, 0.15) is 5.56 Å². The average Bonchev–Trinajstić information content (AvgIpc) is 2.85. The normalized spacial score (nSPS) is 10.4. The second-order valence-electron chi connectivity index (χ2n) is 6.91. The van der Waals surface area contributed by atoms with E-state index in [1.54, 1.807) is 45.6 Å². The maximum atomic E-state index is 9.70. The van der Waals surface area contributed by atoms with Gasteiger partial charge in [-0.25, -0.2) is 0 Å². The Labute approximate surface area is 196 Å². The molecule has 8 heteroatoms. The summed E-state index contributed by atoms with van der Waals surface area (Å²) < 4.78 is 22.2. The van der Waals surface area contributed by atoms with Gasteiger partial charge in [0.1, 0.15) is 11.8 Å². The molecule has 0 saturated heterocycles. The summed E-state index contributed by atoms with van der Waals surface area (Å²) in [5, 5.41) is 14.0. The Balaban J connectivity index is 1.79. The van der Waals surface area contributed by atoms with Gasteiger partial charge in [0.05, 0.1) is 48.8 Å². The number of anilines is 2. The van der Waals surface area contributed by atoms with Gasteiger partial charge in [-0.05, 0) is 18.2 Å². The van der Waals surface area contributed by atoms with Crippen LogP contribution in [0.5, 0.6) is 28.7 Å². The zero-order valence-electron chi connectivity index (χ0n) is 18.2. The van der Waals surface area contributed by atoms with Gasteiger partial charge >= 0.3 is 0 Å². The van der Waals surface area contributed by atoms with E-state index in [-0.39, 0.29) is 0 Å². The molecular weight excluding hydrogens is 442 g/mol. The van der Waals surface area contributed by atoms with Crippen LogP contribution in [0.2, 0.25) is 5.02 Å². The molecule has 0 aliphatic heterocycles. The standard InChI is InChI=1S/C25H20ClN3O4/c1-30-21-9-17-19(11-22(21)31-2)28-14-15(13-27)25(17)29-20-12-23(32-3)24(10-18(20)26)33-16-7-5-4-6-8-16/h4-12,14H,1-3H3,(H,28,29). The Morgan fingerprint density at radius 3 is 2.21 bits per heavy atom. The lowest BCUT2D eigenvalue weighted by Crippen LogP contribution is -2.00. The van der Waals surface area contributed by atoms with E-state index in [1.165, 1.54) is 6.20 Å². The Morgan fingerprint density at radius 2 is 1.55 bits per heavy atom. The molecule has 0 bridgehead atoms. The fraction of sp³-hybridized carbons (Fsp3) is 0.120. The maximum absolute atomic E-state index is 9.70. The van der Waals surface area contributed by atoms with Gasteiger partial charge in [-0.3, -0.25) is 4.98 Å². The van der Waals surface area contributed by atoms with Crippen LogP contribution in [0.4, 0.5) is 11.4 Å². The van der Waals surface area contributed by atoms with Crippen LogP contribution in [0, 0.1) is 11.3 Å². The van der Waals surface area contributed by atoms with E-state index in [1.807, 2.05) is 30.3 Å². The minimum Gasteiger partial charge on any atom is -0.493 e. The van der Waals surface area contributed by atoms with E-state index in [2.05, 4.69) is 16.4 Å². The van der Waals surface area contributed by atoms with Crippen molar-refractivity contribution in [2.75, 3.05) is 26.6 Å². The lowest BCUT2D eigenvalue weighted by atomic mass is 10.1. The van der Waals surface area contributed by atoms with Crippen LogP contribution in [0.15, 0.2) is 60.8 Å². The zero-order chi connectivity index (χ0) is 23.4. The summed E-state index contributed by atoms with van der Waals surface area (Å²) >= 11 is 6.59. The van der Waals surface area contributed by atoms with Gasteiger partial charge < -0.3 is 24.3 Å². The monoisotopic (exact) mass is 461 g/mol. The first-order valence-corrected chi connectivity index (χ1v) is 10.3. The van der Waals surface area contributed by atoms with Crippen LogP contribution in [-0.4, -0.2) is 26.3 Å². The lowest BCUT2D eigenvalue weighted by Gasteiger charge is -2.17. The molecule has 7 nitrogen and oxygen atoms in total. The molecule has 1 aromatic heterocycles. The fourth-order valence-electron chi connectivity index (χ4n) is 3.36. The molecule has 0 atom stereocenters. The lowest BCUT2D eigenvalue weighted by molar-refractivity contribution is 0.356. The molecule has 0 radical (unpaired) electrons. The summed E-state index contributed by atoms with van der Waals surface area (Å²) in [6.07, 6.45) is 1.49.